The second-order valence-corrected chi connectivity index (χ2v) is 8.61. The topological polar surface area (TPSA) is 99.5 Å². The van der Waals surface area contributed by atoms with Crippen LogP contribution in [0.1, 0.15) is 41.0 Å². The van der Waals surface area contributed by atoms with E-state index in [-0.39, 0.29) is 29.6 Å². The number of nitriles is 1. The number of piperidine rings is 1. The molecule has 4 atom stereocenters. The predicted octanol–water partition coefficient (Wildman–Crippen LogP) is 1.09. The molecule has 0 aromatic heterocycles. The van der Waals surface area contributed by atoms with Crippen LogP contribution in [0.15, 0.2) is 0 Å². The largest absolute Gasteiger partial charge is 0.467 e. The molecule has 1 aliphatic heterocycles. The summed E-state index contributed by atoms with van der Waals surface area (Å²) in [5, 5.41) is 11.3. The van der Waals surface area contributed by atoms with Crippen LogP contribution in [-0.4, -0.2) is 48.4 Å². The normalized spacial score (nSPS) is 27.7. The van der Waals surface area contributed by atoms with E-state index in [2.05, 4.69) is 19.2 Å². The third kappa shape index (κ3) is 3.35. The maximum atomic E-state index is 13.2. The quantitative estimate of drug-likeness (QED) is 0.766. The molecule has 2 fully saturated rings. The van der Waals surface area contributed by atoms with Gasteiger partial charge in [-0.05, 0) is 16.7 Å². The number of hydrogen-bond donors (Lipinski definition) is 1. The van der Waals surface area contributed by atoms with Gasteiger partial charge in [0.05, 0.1) is 13.2 Å². The summed E-state index contributed by atoms with van der Waals surface area (Å²) in [5.74, 6) is -0.856. The molecule has 138 valence electrons. The van der Waals surface area contributed by atoms with E-state index in [1.807, 2.05) is 20.8 Å². The number of carbonyl (C=O) groups excluding carboxylic acids is 3. The first kappa shape index (κ1) is 19.2. The average molecular weight is 349 g/mol. The van der Waals surface area contributed by atoms with Crippen molar-refractivity contribution in [3.63, 3.8) is 0 Å². The molecular weight excluding hydrogens is 322 g/mol. The van der Waals surface area contributed by atoms with Gasteiger partial charge in [0.25, 0.3) is 0 Å². The monoisotopic (exact) mass is 349 g/mol. The number of rotatable bonds is 4. The minimum atomic E-state index is -0.805. The lowest BCUT2D eigenvalue weighted by atomic mass is 9.85. The van der Waals surface area contributed by atoms with Crippen molar-refractivity contribution in [2.45, 2.75) is 53.1 Å². The Labute approximate surface area is 148 Å². The Bertz CT molecular complexity index is 629. The molecule has 2 aliphatic rings. The van der Waals surface area contributed by atoms with E-state index in [1.54, 1.807) is 11.0 Å². The minimum Gasteiger partial charge on any atom is -0.467 e. The van der Waals surface area contributed by atoms with Crippen LogP contribution in [0.3, 0.4) is 0 Å². The molecular formula is C18H27N3O4. The maximum Gasteiger partial charge on any atom is 0.328 e. The smallest absolute Gasteiger partial charge is 0.328 e. The van der Waals surface area contributed by atoms with Crippen molar-refractivity contribution >= 4 is 17.8 Å². The van der Waals surface area contributed by atoms with E-state index < -0.39 is 29.4 Å². The molecule has 1 N–H and O–H groups in total. The van der Waals surface area contributed by atoms with Gasteiger partial charge in [0.15, 0.2) is 0 Å². The first-order valence-electron chi connectivity index (χ1n) is 8.51. The number of carbonyl (C=O) groups is 3. The molecule has 7 nitrogen and oxygen atoms in total. The average Bonchev–Trinajstić information content (AvgIpc) is 2.87. The number of esters is 1. The molecule has 7 heteroatoms. The molecule has 25 heavy (non-hydrogen) atoms. The molecule has 0 aromatic rings. The summed E-state index contributed by atoms with van der Waals surface area (Å²) in [7, 11) is 1.32. The summed E-state index contributed by atoms with van der Waals surface area (Å²) >= 11 is 0. The van der Waals surface area contributed by atoms with Crippen LogP contribution in [-0.2, 0) is 19.1 Å². The molecule has 2 amide bonds. The Balaban J connectivity index is 2.25. The Morgan fingerprint density at radius 2 is 1.96 bits per heavy atom. The number of fused-ring (bicyclic) bond motifs is 1. The molecule has 1 aliphatic carbocycles. The van der Waals surface area contributed by atoms with Gasteiger partial charge in [0.2, 0.25) is 11.8 Å². The highest BCUT2D eigenvalue weighted by molar-refractivity contribution is 5.92. The molecule has 1 heterocycles. The number of amides is 2. The molecule has 0 unspecified atom stereocenters. The molecule has 1 saturated heterocycles. The van der Waals surface area contributed by atoms with Crippen LogP contribution in [0.25, 0.3) is 0 Å². The molecule has 0 aromatic carbocycles. The number of nitrogens with one attached hydrogen (secondary N) is 1. The van der Waals surface area contributed by atoms with Gasteiger partial charge in [0, 0.05) is 12.5 Å². The van der Waals surface area contributed by atoms with Crippen molar-refractivity contribution in [1.29, 1.82) is 5.26 Å². The van der Waals surface area contributed by atoms with Crippen LogP contribution >= 0.6 is 0 Å². The lowest BCUT2D eigenvalue weighted by molar-refractivity contribution is -0.155. The number of ether oxygens (including phenoxy) is 1. The molecule has 2 rings (SSSR count). The Hall–Kier alpha value is -2.10. The van der Waals surface area contributed by atoms with Crippen LogP contribution in [0, 0.1) is 34.0 Å². The van der Waals surface area contributed by atoms with Crippen molar-refractivity contribution in [2.75, 3.05) is 13.7 Å². The number of hydrogen-bond acceptors (Lipinski definition) is 5. The highest BCUT2D eigenvalue weighted by atomic mass is 16.5. The van der Waals surface area contributed by atoms with Crippen molar-refractivity contribution in [1.82, 2.24) is 10.2 Å². The van der Waals surface area contributed by atoms with Crippen LogP contribution < -0.4 is 5.32 Å². The van der Waals surface area contributed by atoms with Gasteiger partial charge in [-0.15, -0.1) is 0 Å². The predicted molar refractivity (Wildman–Crippen MR) is 89.9 cm³/mol. The number of methoxy groups -OCH3 is 1. The fourth-order valence-corrected chi connectivity index (χ4v) is 4.00. The summed E-state index contributed by atoms with van der Waals surface area (Å²) in [6, 6.07) is 0.363. The zero-order valence-corrected chi connectivity index (χ0v) is 15.8. The van der Waals surface area contributed by atoms with Gasteiger partial charge < -0.3 is 15.0 Å². The van der Waals surface area contributed by atoms with E-state index in [4.69, 9.17) is 10.00 Å². The fourth-order valence-electron chi connectivity index (χ4n) is 4.00. The van der Waals surface area contributed by atoms with Crippen molar-refractivity contribution in [2.24, 2.45) is 22.7 Å². The zero-order chi connectivity index (χ0) is 19.2. The Kier molecular flexibility index (Phi) is 4.86. The number of likely N-dealkylation sites (tertiary alicyclic amines) is 1. The van der Waals surface area contributed by atoms with Gasteiger partial charge in [-0.3, -0.25) is 9.59 Å². The number of nitrogens with zero attached hydrogens (tertiary/aromatic N) is 2. The van der Waals surface area contributed by atoms with Gasteiger partial charge in [-0.2, -0.15) is 5.26 Å². The van der Waals surface area contributed by atoms with E-state index in [1.165, 1.54) is 7.11 Å². The van der Waals surface area contributed by atoms with Gasteiger partial charge in [-0.1, -0.05) is 34.6 Å². The highest BCUT2D eigenvalue weighted by Crippen LogP contribution is 2.65. The van der Waals surface area contributed by atoms with E-state index >= 15 is 0 Å². The standard InChI is InChI=1S/C18H27N3O4/c1-17(2,3)14(20-11(22)7-8-19)15(23)21-9-10-12(18(10,4)5)13(21)16(24)25-6/h10,12-14H,7,9H2,1-6H3,(H,20,22)/t10-,12-,13-,14+/m0/s1. The molecule has 0 bridgehead atoms. The third-order valence-corrected chi connectivity index (χ3v) is 5.59. The van der Waals surface area contributed by atoms with E-state index in [9.17, 15) is 14.4 Å². The van der Waals surface area contributed by atoms with E-state index in [0.717, 1.165) is 0 Å². The summed E-state index contributed by atoms with van der Waals surface area (Å²) in [6.45, 7) is 10.2. The van der Waals surface area contributed by atoms with Gasteiger partial charge in [-0.25, -0.2) is 4.79 Å². The fraction of sp³-hybridized carbons (Fsp3) is 0.778. The van der Waals surface area contributed by atoms with E-state index in [0.29, 0.717) is 6.54 Å². The summed E-state index contributed by atoms with van der Waals surface area (Å²) in [4.78, 5) is 38.9. The minimum absolute atomic E-state index is 0.0108. The molecule has 0 spiro atoms. The van der Waals surface area contributed by atoms with Gasteiger partial charge >= 0.3 is 5.97 Å². The van der Waals surface area contributed by atoms with Gasteiger partial charge in [0.1, 0.15) is 18.5 Å². The SMILES string of the molecule is COC(=O)[C@@H]1[C@@H]2[C@H](CN1C(=O)[C@@H](NC(=O)CC#N)C(C)(C)C)C2(C)C. The second kappa shape index (κ2) is 6.32. The zero-order valence-electron chi connectivity index (χ0n) is 15.8. The summed E-state index contributed by atoms with van der Waals surface area (Å²) < 4.78 is 4.93. The van der Waals surface area contributed by atoms with Crippen LogP contribution in [0.4, 0.5) is 0 Å². The Morgan fingerprint density at radius 1 is 1.36 bits per heavy atom. The lowest BCUT2D eigenvalue weighted by Gasteiger charge is -2.37. The summed E-state index contributed by atoms with van der Waals surface area (Å²) in [5.41, 5.74) is -0.540. The lowest BCUT2D eigenvalue weighted by Crippen LogP contribution is -2.58. The van der Waals surface area contributed by atoms with Crippen LogP contribution in [0.5, 0.6) is 0 Å². The summed E-state index contributed by atoms with van der Waals surface area (Å²) in [6.07, 6.45) is -0.307. The maximum absolute atomic E-state index is 13.2. The second-order valence-electron chi connectivity index (χ2n) is 8.61. The van der Waals surface area contributed by atoms with Crippen molar-refractivity contribution < 1.29 is 19.1 Å². The first-order chi connectivity index (χ1) is 11.5. The molecule has 0 radical (unpaired) electrons. The molecule has 1 saturated carbocycles. The van der Waals surface area contributed by atoms with Crippen molar-refractivity contribution in [3.05, 3.63) is 0 Å². The Morgan fingerprint density at radius 3 is 2.44 bits per heavy atom. The first-order valence-corrected chi connectivity index (χ1v) is 8.51. The highest BCUT2D eigenvalue weighted by Gasteiger charge is 2.70. The third-order valence-electron chi connectivity index (χ3n) is 5.59. The van der Waals surface area contributed by atoms with Crippen LogP contribution in [0.2, 0.25) is 0 Å². The van der Waals surface area contributed by atoms with Crippen molar-refractivity contribution in [3.8, 4) is 6.07 Å².